The van der Waals surface area contributed by atoms with Gasteiger partial charge in [0.25, 0.3) is 11.8 Å². The highest BCUT2D eigenvalue weighted by Crippen LogP contribution is 2.31. The van der Waals surface area contributed by atoms with Crippen LogP contribution in [0.1, 0.15) is 20.7 Å². The molecule has 2 heterocycles. The van der Waals surface area contributed by atoms with Gasteiger partial charge in [0.1, 0.15) is 52.1 Å². The van der Waals surface area contributed by atoms with Crippen LogP contribution in [0.4, 0.5) is 27.8 Å². The van der Waals surface area contributed by atoms with Gasteiger partial charge in [-0.15, -0.1) is 0 Å². The zero-order chi connectivity index (χ0) is 42.7. The van der Waals surface area contributed by atoms with E-state index in [0.717, 1.165) is 30.3 Å². The molecule has 58 heavy (non-hydrogen) atoms. The van der Waals surface area contributed by atoms with Crippen molar-refractivity contribution in [2.45, 2.75) is 19.6 Å². The summed E-state index contributed by atoms with van der Waals surface area (Å²) in [7, 11) is -17.8. The molecule has 0 bridgehead atoms. The molecule has 0 spiro atoms. The molecular formula is C33H24N6O15S4-4. The number of hydrogen-bond donors (Lipinski definition) is 4. The molecule has 25 heteroatoms. The van der Waals surface area contributed by atoms with E-state index in [9.17, 15) is 66.3 Å². The molecule has 304 valence electrons. The van der Waals surface area contributed by atoms with Crippen LogP contribution < -0.4 is 21.3 Å². The summed E-state index contributed by atoms with van der Waals surface area (Å²) in [5.74, 6) is -1.26. The van der Waals surface area contributed by atoms with E-state index in [1.54, 1.807) is 0 Å². The minimum atomic E-state index is -5.27. The van der Waals surface area contributed by atoms with Crippen molar-refractivity contribution in [3.05, 3.63) is 96.3 Å². The van der Waals surface area contributed by atoms with E-state index >= 15 is 0 Å². The van der Waals surface area contributed by atoms with Crippen molar-refractivity contribution in [1.82, 2.24) is 9.13 Å². The van der Waals surface area contributed by atoms with Gasteiger partial charge < -0.3 is 38.0 Å². The van der Waals surface area contributed by atoms with E-state index in [-0.39, 0.29) is 55.7 Å². The standard InChI is InChI=1S/C33H28N6O15S4/c1-38-15-19(31(40)34-21-5-6-25-18(7-21)9-24(56(46,47)48)13-27(25)57(49,50)51)10-29(38)36-33(42)37-30-11-20(16-39(30)2)32(41)35-22-4-3-17-8-23(55(43,44)45)14-28(26(17)12-22)58(52,53)54/h3-16H,1-2H3,(H,34,40)(H,35,41)(H2,36,37,42)(H,43,44,45)(H,46,47,48)(H,49,50,51)(H,52,53,54)/p-4. The minimum absolute atomic E-state index is 0.00521. The molecule has 0 saturated heterocycles. The van der Waals surface area contributed by atoms with Crippen molar-refractivity contribution in [2.24, 2.45) is 14.1 Å². The summed E-state index contributed by atoms with van der Waals surface area (Å²) in [4.78, 5) is 35.3. The van der Waals surface area contributed by atoms with Gasteiger partial charge in [0.2, 0.25) is 0 Å². The van der Waals surface area contributed by atoms with Crippen LogP contribution in [0.15, 0.2) is 105 Å². The van der Waals surface area contributed by atoms with Gasteiger partial charge in [-0.05, 0) is 76.8 Å². The highest BCUT2D eigenvalue weighted by atomic mass is 32.2. The average Bonchev–Trinajstić information content (AvgIpc) is 3.66. The molecule has 0 radical (unpaired) electrons. The van der Waals surface area contributed by atoms with Gasteiger partial charge in [0.15, 0.2) is 0 Å². The second-order valence-corrected chi connectivity index (χ2v) is 17.9. The van der Waals surface area contributed by atoms with Crippen LogP contribution in [-0.2, 0) is 54.6 Å². The van der Waals surface area contributed by atoms with Crippen molar-refractivity contribution in [2.75, 3.05) is 21.3 Å². The Morgan fingerprint density at radius 2 is 0.914 bits per heavy atom. The van der Waals surface area contributed by atoms with Crippen molar-refractivity contribution >= 4 is 103 Å². The lowest BCUT2D eigenvalue weighted by Gasteiger charge is -2.16. The number of carbonyl (C=O) groups is 3. The number of aromatic nitrogens is 2. The van der Waals surface area contributed by atoms with Crippen LogP contribution >= 0.6 is 0 Å². The van der Waals surface area contributed by atoms with E-state index < -0.39 is 77.9 Å². The SMILES string of the molecule is Cn1cc(C(=O)Nc2ccc3c(S(=O)(=O)[O-])cc(S(=O)(=O)[O-])cc3c2)cc1NC(=O)Nc1cc(C(=O)Nc2ccc3cc(S(=O)(=O)[O-])cc(S(=O)(=O)[O-])c3c2)cn1C. The summed E-state index contributed by atoms with van der Waals surface area (Å²) < 4.78 is 143. The maximum atomic E-state index is 13.1. The Kier molecular flexibility index (Phi) is 10.5. The van der Waals surface area contributed by atoms with Gasteiger partial charge in [-0.3, -0.25) is 20.2 Å². The first kappa shape index (κ1) is 41.4. The molecule has 0 aliphatic heterocycles. The predicted molar refractivity (Wildman–Crippen MR) is 199 cm³/mol. The second kappa shape index (κ2) is 14.6. The maximum absolute atomic E-state index is 13.1. The van der Waals surface area contributed by atoms with E-state index in [2.05, 4.69) is 21.3 Å². The lowest BCUT2D eigenvalue weighted by molar-refractivity contribution is 0.101. The molecule has 6 rings (SSSR count). The van der Waals surface area contributed by atoms with E-state index in [4.69, 9.17) is 0 Å². The van der Waals surface area contributed by atoms with Gasteiger partial charge in [-0.1, -0.05) is 12.1 Å². The monoisotopic (exact) mass is 872 g/mol. The van der Waals surface area contributed by atoms with Gasteiger partial charge in [-0.2, -0.15) is 0 Å². The topological polar surface area (TPSA) is 338 Å². The van der Waals surface area contributed by atoms with Crippen molar-refractivity contribution in [3.8, 4) is 0 Å². The fraction of sp³-hybridized carbons (Fsp3) is 0.0606. The highest BCUT2D eigenvalue weighted by Gasteiger charge is 2.19. The number of carbonyl (C=O) groups excluding carboxylic acids is 3. The molecule has 0 saturated carbocycles. The number of hydrogen-bond acceptors (Lipinski definition) is 15. The molecule has 4 amide bonds. The van der Waals surface area contributed by atoms with Crippen LogP contribution in [0.5, 0.6) is 0 Å². The number of aryl methyl sites for hydroxylation is 2. The number of anilines is 4. The third kappa shape index (κ3) is 8.85. The van der Waals surface area contributed by atoms with Gasteiger partial charge in [-0.25, -0.2) is 38.5 Å². The summed E-state index contributed by atoms with van der Waals surface area (Å²) in [6, 6.07) is 11.5. The number of rotatable bonds is 10. The molecular weight excluding hydrogens is 849 g/mol. The Morgan fingerprint density at radius 1 is 0.483 bits per heavy atom. The molecule has 4 N–H and O–H groups in total. The smallest absolute Gasteiger partial charge is 0.325 e. The normalized spacial score (nSPS) is 12.4. The third-order valence-electron chi connectivity index (χ3n) is 8.43. The Bertz CT molecular complexity index is 3210. The summed E-state index contributed by atoms with van der Waals surface area (Å²) in [6.45, 7) is 0. The predicted octanol–water partition coefficient (Wildman–Crippen LogP) is 2.44. The number of fused-ring (bicyclic) bond motifs is 2. The molecule has 0 fully saturated rings. The number of nitrogens with one attached hydrogen (secondary N) is 4. The van der Waals surface area contributed by atoms with Crippen LogP contribution in [0.3, 0.4) is 0 Å². The third-order valence-corrected chi connectivity index (χ3v) is 11.8. The van der Waals surface area contributed by atoms with E-state index in [1.165, 1.54) is 66.0 Å². The van der Waals surface area contributed by atoms with E-state index in [0.29, 0.717) is 12.1 Å². The molecule has 2 aromatic heterocycles. The van der Waals surface area contributed by atoms with Gasteiger partial charge in [0.05, 0.1) is 30.7 Å². The zero-order valence-electron chi connectivity index (χ0n) is 29.2. The van der Waals surface area contributed by atoms with Crippen LogP contribution in [0.2, 0.25) is 0 Å². The minimum Gasteiger partial charge on any atom is -0.744 e. The van der Waals surface area contributed by atoms with Crippen molar-refractivity contribution < 1.29 is 66.3 Å². The molecule has 0 atom stereocenters. The largest absolute Gasteiger partial charge is 0.744 e. The first-order valence-corrected chi connectivity index (χ1v) is 21.4. The molecule has 0 aliphatic rings. The fourth-order valence-electron chi connectivity index (χ4n) is 5.76. The van der Waals surface area contributed by atoms with Gasteiger partial charge in [0, 0.05) is 43.3 Å². The first-order chi connectivity index (χ1) is 26.8. The Morgan fingerprint density at radius 3 is 1.38 bits per heavy atom. The van der Waals surface area contributed by atoms with Crippen molar-refractivity contribution in [3.63, 3.8) is 0 Å². The molecule has 6 aromatic rings. The molecule has 4 aromatic carbocycles. The lowest BCUT2D eigenvalue weighted by atomic mass is 10.1. The van der Waals surface area contributed by atoms with Gasteiger partial charge >= 0.3 is 6.03 Å². The second-order valence-electron chi connectivity index (χ2n) is 12.5. The van der Waals surface area contributed by atoms with E-state index in [1.807, 2.05) is 0 Å². The molecule has 0 unspecified atom stereocenters. The average molecular weight is 873 g/mol. The molecule has 21 nitrogen and oxygen atoms in total. The zero-order valence-corrected chi connectivity index (χ0v) is 32.5. The number of nitrogens with zero attached hydrogens (tertiary/aromatic N) is 2. The number of urea groups is 1. The summed E-state index contributed by atoms with van der Waals surface area (Å²) in [6.07, 6.45) is 2.68. The van der Waals surface area contributed by atoms with Crippen molar-refractivity contribution in [1.29, 1.82) is 0 Å². The summed E-state index contributed by atoms with van der Waals surface area (Å²) in [5.41, 5.74) is 0.0392. The highest BCUT2D eigenvalue weighted by molar-refractivity contribution is 7.87. The Labute approximate surface area is 328 Å². The maximum Gasteiger partial charge on any atom is 0.325 e. The Balaban J connectivity index is 1.14. The van der Waals surface area contributed by atoms with Crippen LogP contribution in [0.25, 0.3) is 21.5 Å². The van der Waals surface area contributed by atoms with Crippen LogP contribution in [-0.4, -0.2) is 78.9 Å². The Hall–Kier alpha value is -6.19. The number of amides is 4. The number of benzene rings is 4. The van der Waals surface area contributed by atoms with Crippen LogP contribution in [0, 0.1) is 0 Å². The first-order valence-electron chi connectivity index (χ1n) is 15.8. The lowest BCUT2D eigenvalue weighted by Crippen LogP contribution is -2.22. The molecule has 0 aliphatic carbocycles. The summed E-state index contributed by atoms with van der Waals surface area (Å²) >= 11 is 0. The summed E-state index contributed by atoms with van der Waals surface area (Å²) in [5, 5.41) is 9.40. The quantitative estimate of drug-likeness (QED) is 0.144. The fourth-order valence-corrected chi connectivity index (χ4v) is 8.42.